The fraction of sp³-hybridized carbons (Fsp3) is 0.0714. The molecule has 4 rings (SSSR count). The van der Waals surface area contributed by atoms with E-state index in [0.29, 0.717) is 39.6 Å². The van der Waals surface area contributed by atoms with Crippen LogP contribution in [0.3, 0.4) is 0 Å². The summed E-state index contributed by atoms with van der Waals surface area (Å²) in [6.07, 6.45) is -5.25. The highest BCUT2D eigenvalue weighted by atomic mass is 19.4. The molecule has 0 aliphatic carbocycles. The molecule has 0 radical (unpaired) electrons. The van der Waals surface area contributed by atoms with E-state index in [-0.39, 0.29) is 11.1 Å². The topological polar surface area (TPSA) is 9.23 Å². The summed E-state index contributed by atoms with van der Waals surface area (Å²) in [5.74, 6) is 4.30. The largest absolute Gasteiger partial charge is 0.573 e. The summed E-state index contributed by atoms with van der Waals surface area (Å²) in [5, 5.41) is 1.20. The van der Waals surface area contributed by atoms with Crippen LogP contribution >= 0.6 is 0 Å². The Hall–Kier alpha value is -4.43. The van der Waals surface area contributed by atoms with Crippen molar-refractivity contribution < 1.29 is 35.5 Å². The predicted octanol–water partition coefficient (Wildman–Crippen LogP) is 7.40. The molecule has 0 atom stereocenters. The number of halogens is 7. The Morgan fingerprint density at radius 1 is 0.639 bits per heavy atom. The standard InChI is InChI=1S/C28H13F7O/c1-16-12-23(29)22(24(30)13-16)11-10-19-9-8-18(20-4-2-3-5-21(19)20)7-6-17-14-25(31)27(26(32)15-17)36-28(33,34)35/h2-5,8-9,12-15H,1H3. The molecular weight excluding hydrogens is 485 g/mol. The molecule has 0 saturated heterocycles. The van der Waals surface area contributed by atoms with Gasteiger partial charge in [-0.2, -0.15) is 0 Å². The number of ether oxygens (including phenoxy) is 1. The van der Waals surface area contributed by atoms with Crippen molar-refractivity contribution in [2.75, 3.05) is 0 Å². The van der Waals surface area contributed by atoms with Gasteiger partial charge in [-0.15, -0.1) is 13.2 Å². The highest BCUT2D eigenvalue weighted by molar-refractivity contribution is 5.93. The zero-order chi connectivity index (χ0) is 26.0. The molecule has 0 heterocycles. The number of alkyl halides is 3. The summed E-state index contributed by atoms with van der Waals surface area (Å²) in [5.41, 5.74) is 0.737. The fourth-order valence-corrected chi connectivity index (χ4v) is 3.45. The van der Waals surface area contributed by atoms with Gasteiger partial charge in [0.25, 0.3) is 0 Å². The molecule has 0 bridgehead atoms. The smallest absolute Gasteiger partial charge is 0.399 e. The van der Waals surface area contributed by atoms with Crippen LogP contribution in [0.4, 0.5) is 30.7 Å². The second kappa shape index (κ2) is 9.67. The SMILES string of the molecule is Cc1cc(F)c(C#Cc2ccc(C#Cc3cc(F)c(OC(F)(F)F)c(F)c3)c3ccccc23)c(F)c1. The van der Waals surface area contributed by atoms with Crippen molar-refractivity contribution >= 4 is 10.8 Å². The lowest BCUT2D eigenvalue weighted by molar-refractivity contribution is -0.276. The second-order valence-corrected chi connectivity index (χ2v) is 7.63. The van der Waals surface area contributed by atoms with Gasteiger partial charge in [0.15, 0.2) is 11.6 Å². The van der Waals surface area contributed by atoms with E-state index in [1.165, 1.54) is 12.1 Å². The Balaban J connectivity index is 1.72. The van der Waals surface area contributed by atoms with Gasteiger partial charge in [-0.05, 0) is 59.7 Å². The molecule has 0 N–H and O–H groups in total. The zero-order valence-corrected chi connectivity index (χ0v) is 18.3. The molecule has 0 aliphatic rings. The molecule has 8 heteroatoms. The number of hydrogen-bond acceptors (Lipinski definition) is 1. The first-order valence-corrected chi connectivity index (χ1v) is 10.3. The van der Waals surface area contributed by atoms with Gasteiger partial charge in [0.1, 0.15) is 11.6 Å². The van der Waals surface area contributed by atoms with Crippen LogP contribution in [0.1, 0.15) is 27.8 Å². The lowest BCUT2D eigenvalue weighted by atomic mass is 9.99. The van der Waals surface area contributed by atoms with E-state index in [2.05, 4.69) is 28.4 Å². The minimum Gasteiger partial charge on any atom is -0.399 e. The van der Waals surface area contributed by atoms with Gasteiger partial charge in [0.2, 0.25) is 5.75 Å². The maximum absolute atomic E-state index is 14.1. The van der Waals surface area contributed by atoms with Crippen LogP contribution in [0.5, 0.6) is 5.75 Å². The van der Waals surface area contributed by atoms with Crippen molar-refractivity contribution in [3.8, 4) is 29.4 Å². The molecule has 4 aromatic carbocycles. The van der Waals surface area contributed by atoms with E-state index in [0.717, 1.165) is 0 Å². The molecule has 0 spiro atoms. The molecule has 0 saturated carbocycles. The number of fused-ring (bicyclic) bond motifs is 1. The molecule has 0 unspecified atom stereocenters. The Labute approximate surface area is 201 Å². The third-order valence-electron chi connectivity index (χ3n) is 4.99. The monoisotopic (exact) mass is 498 g/mol. The summed E-state index contributed by atoms with van der Waals surface area (Å²) in [4.78, 5) is 0. The second-order valence-electron chi connectivity index (χ2n) is 7.63. The van der Waals surface area contributed by atoms with Crippen LogP contribution in [0.25, 0.3) is 10.8 Å². The molecule has 0 aliphatic heterocycles. The number of aryl methyl sites for hydroxylation is 1. The zero-order valence-electron chi connectivity index (χ0n) is 18.3. The maximum atomic E-state index is 14.1. The van der Waals surface area contributed by atoms with Crippen molar-refractivity contribution in [2.45, 2.75) is 13.3 Å². The number of hydrogen-bond donors (Lipinski definition) is 0. The van der Waals surface area contributed by atoms with Gasteiger partial charge in [-0.1, -0.05) is 47.9 Å². The van der Waals surface area contributed by atoms with Crippen molar-refractivity contribution in [1.82, 2.24) is 0 Å². The Morgan fingerprint density at radius 3 is 1.64 bits per heavy atom. The average molecular weight is 498 g/mol. The van der Waals surface area contributed by atoms with E-state index < -0.39 is 35.4 Å². The van der Waals surface area contributed by atoms with Crippen LogP contribution in [0.2, 0.25) is 0 Å². The Bertz CT molecular complexity index is 1570. The Morgan fingerprint density at radius 2 is 1.14 bits per heavy atom. The van der Waals surface area contributed by atoms with E-state index in [1.54, 1.807) is 43.3 Å². The molecule has 36 heavy (non-hydrogen) atoms. The van der Waals surface area contributed by atoms with Gasteiger partial charge < -0.3 is 4.74 Å². The summed E-state index contributed by atoms with van der Waals surface area (Å²) in [6.45, 7) is 1.56. The molecule has 1 nitrogen and oxygen atoms in total. The highest BCUT2D eigenvalue weighted by Gasteiger charge is 2.34. The van der Waals surface area contributed by atoms with Crippen LogP contribution in [0.15, 0.2) is 60.7 Å². The third kappa shape index (κ3) is 5.45. The fourth-order valence-electron chi connectivity index (χ4n) is 3.45. The number of rotatable bonds is 1. The molecule has 0 fully saturated rings. The minimum atomic E-state index is -5.25. The Kier molecular flexibility index (Phi) is 6.63. The first-order chi connectivity index (χ1) is 17.0. The quantitative estimate of drug-likeness (QED) is 0.196. The van der Waals surface area contributed by atoms with Gasteiger partial charge in [0.05, 0.1) is 5.56 Å². The van der Waals surface area contributed by atoms with E-state index in [9.17, 15) is 30.7 Å². The van der Waals surface area contributed by atoms with Gasteiger partial charge in [-0.25, -0.2) is 17.6 Å². The van der Waals surface area contributed by atoms with Crippen molar-refractivity contribution in [3.05, 3.63) is 112 Å². The van der Waals surface area contributed by atoms with Gasteiger partial charge in [0, 0.05) is 16.7 Å². The van der Waals surface area contributed by atoms with Gasteiger partial charge >= 0.3 is 6.36 Å². The van der Waals surface area contributed by atoms with Crippen molar-refractivity contribution in [3.63, 3.8) is 0 Å². The number of benzene rings is 4. The van der Waals surface area contributed by atoms with E-state index in [4.69, 9.17) is 0 Å². The average Bonchev–Trinajstić information content (AvgIpc) is 2.79. The first-order valence-electron chi connectivity index (χ1n) is 10.3. The van der Waals surface area contributed by atoms with Gasteiger partial charge in [-0.3, -0.25) is 0 Å². The normalized spacial score (nSPS) is 10.9. The summed E-state index contributed by atoms with van der Waals surface area (Å²) in [6, 6.07) is 13.6. The van der Waals surface area contributed by atoms with E-state index >= 15 is 0 Å². The van der Waals surface area contributed by atoms with Crippen LogP contribution in [-0.2, 0) is 0 Å². The predicted molar refractivity (Wildman–Crippen MR) is 120 cm³/mol. The molecule has 180 valence electrons. The summed E-state index contributed by atoms with van der Waals surface area (Å²) < 4.78 is 96.6. The van der Waals surface area contributed by atoms with Crippen molar-refractivity contribution in [1.29, 1.82) is 0 Å². The molecule has 4 aromatic rings. The lowest BCUT2D eigenvalue weighted by Gasteiger charge is -2.10. The first kappa shape index (κ1) is 24.7. The summed E-state index contributed by atoms with van der Waals surface area (Å²) >= 11 is 0. The highest BCUT2D eigenvalue weighted by Crippen LogP contribution is 2.29. The summed E-state index contributed by atoms with van der Waals surface area (Å²) in [7, 11) is 0. The van der Waals surface area contributed by atoms with Crippen LogP contribution < -0.4 is 4.74 Å². The van der Waals surface area contributed by atoms with Crippen LogP contribution in [0, 0.1) is 53.9 Å². The lowest BCUT2D eigenvalue weighted by Crippen LogP contribution is -2.19. The minimum absolute atomic E-state index is 0.210. The molecular formula is C28H13F7O. The van der Waals surface area contributed by atoms with Crippen LogP contribution in [-0.4, -0.2) is 6.36 Å². The third-order valence-corrected chi connectivity index (χ3v) is 4.99. The maximum Gasteiger partial charge on any atom is 0.573 e. The molecule has 0 aromatic heterocycles. The van der Waals surface area contributed by atoms with E-state index in [1.807, 2.05) is 0 Å². The molecule has 0 amide bonds. The van der Waals surface area contributed by atoms with Crippen molar-refractivity contribution in [2.24, 2.45) is 0 Å².